The minimum Gasteiger partial charge on any atom is -0.493 e. The van der Waals surface area contributed by atoms with Crippen LogP contribution in [-0.2, 0) is 4.79 Å². The lowest BCUT2D eigenvalue weighted by Gasteiger charge is -2.34. The molecule has 0 aromatic heterocycles. The molecule has 1 fully saturated rings. The van der Waals surface area contributed by atoms with E-state index >= 15 is 0 Å². The highest BCUT2D eigenvalue weighted by Gasteiger charge is 2.28. The van der Waals surface area contributed by atoms with Gasteiger partial charge in [-0.15, -0.1) is 0 Å². The van der Waals surface area contributed by atoms with Crippen LogP contribution in [0.5, 0.6) is 5.75 Å². The van der Waals surface area contributed by atoms with Crippen molar-refractivity contribution in [2.75, 3.05) is 38.1 Å². The lowest BCUT2D eigenvalue weighted by molar-refractivity contribution is -0.121. The summed E-state index contributed by atoms with van der Waals surface area (Å²) in [6, 6.07) is 9.44. The Hall–Kier alpha value is -2.75. The molecule has 1 N–H and O–H groups in total. The molecule has 1 aromatic carbocycles. The van der Waals surface area contributed by atoms with Gasteiger partial charge in [-0.25, -0.2) is 4.79 Å². The average molecular weight is 386 g/mol. The molecule has 7 nitrogen and oxygen atoms in total. The second kappa shape index (κ2) is 11.2. The Kier molecular flexibility index (Phi) is 8.60. The molecule has 0 atom stereocenters. The first kappa shape index (κ1) is 21.5. The lowest BCUT2D eigenvalue weighted by atomic mass is 9.96. The SMILES string of the molecule is CCN(CC)C(=O)N1CCC(C(=O)Nc2cccc(OCCCC#N)c2)CC1. The summed E-state index contributed by atoms with van der Waals surface area (Å²) in [5.41, 5.74) is 0.699. The summed E-state index contributed by atoms with van der Waals surface area (Å²) in [4.78, 5) is 28.7. The van der Waals surface area contributed by atoms with Crippen molar-refractivity contribution in [2.24, 2.45) is 5.92 Å². The van der Waals surface area contributed by atoms with Crippen molar-refractivity contribution in [1.29, 1.82) is 5.26 Å². The van der Waals surface area contributed by atoms with E-state index in [0.29, 0.717) is 69.9 Å². The number of unbranched alkanes of at least 4 members (excludes halogenated alkanes) is 1. The third kappa shape index (κ3) is 6.15. The zero-order valence-electron chi connectivity index (χ0n) is 16.8. The summed E-state index contributed by atoms with van der Waals surface area (Å²) < 4.78 is 5.61. The summed E-state index contributed by atoms with van der Waals surface area (Å²) in [7, 11) is 0. The predicted octanol–water partition coefficient (Wildman–Crippen LogP) is 3.48. The molecule has 0 radical (unpaired) electrons. The van der Waals surface area contributed by atoms with Gasteiger partial charge in [0.15, 0.2) is 0 Å². The number of nitrogens with zero attached hydrogens (tertiary/aromatic N) is 3. The van der Waals surface area contributed by atoms with E-state index in [0.717, 1.165) is 0 Å². The molecule has 1 heterocycles. The maximum absolute atomic E-state index is 12.6. The highest BCUT2D eigenvalue weighted by molar-refractivity contribution is 5.93. The van der Waals surface area contributed by atoms with Gasteiger partial charge in [0.2, 0.25) is 5.91 Å². The van der Waals surface area contributed by atoms with Gasteiger partial charge in [0.1, 0.15) is 5.75 Å². The molecule has 152 valence electrons. The van der Waals surface area contributed by atoms with Crippen molar-refractivity contribution in [2.45, 2.75) is 39.5 Å². The van der Waals surface area contributed by atoms with E-state index in [1.807, 2.05) is 41.8 Å². The van der Waals surface area contributed by atoms with E-state index in [9.17, 15) is 9.59 Å². The summed E-state index contributed by atoms with van der Waals surface area (Å²) in [5.74, 6) is 0.563. The van der Waals surface area contributed by atoms with Crippen molar-refractivity contribution < 1.29 is 14.3 Å². The number of anilines is 1. The molecular formula is C21H30N4O3. The Morgan fingerprint density at radius 2 is 2.00 bits per heavy atom. The number of urea groups is 1. The van der Waals surface area contributed by atoms with Crippen LogP contribution in [0.15, 0.2) is 24.3 Å². The van der Waals surface area contributed by atoms with Gasteiger partial charge in [-0.1, -0.05) is 6.07 Å². The molecule has 7 heteroatoms. The van der Waals surface area contributed by atoms with Crippen LogP contribution in [0, 0.1) is 17.2 Å². The topological polar surface area (TPSA) is 85.7 Å². The molecule has 0 aliphatic carbocycles. The first-order valence-corrected chi connectivity index (χ1v) is 10.0. The van der Waals surface area contributed by atoms with Crippen LogP contribution in [-0.4, -0.2) is 54.5 Å². The Balaban J connectivity index is 1.83. The molecule has 1 aliphatic rings. The standard InChI is InChI=1S/C21H30N4O3/c1-3-24(4-2)21(27)25-13-10-17(11-14-25)20(26)23-18-8-7-9-19(16-18)28-15-6-5-12-22/h7-9,16-17H,3-6,10-11,13-15H2,1-2H3,(H,23,26). The van der Waals surface area contributed by atoms with E-state index < -0.39 is 0 Å². The van der Waals surface area contributed by atoms with E-state index in [2.05, 4.69) is 11.4 Å². The van der Waals surface area contributed by atoms with Crippen LogP contribution in [0.4, 0.5) is 10.5 Å². The smallest absolute Gasteiger partial charge is 0.319 e. The molecule has 0 saturated carbocycles. The van der Waals surface area contributed by atoms with Crippen LogP contribution >= 0.6 is 0 Å². The number of nitrogens with one attached hydrogen (secondary N) is 1. The van der Waals surface area contributed by atoms with Gasteiger partial charge >= 0.3 is 6.03 Å². The number of hydrogen-bond donors (Lipinski definition) is 1. The minimum atomic E-state index is -0.0963. The maximum Gasteiger partial charge on any atom is 0.319 e. The third-order valence-electron chi connectivity index (χ3n) is 4.97. The lowest BCUT2D eigenvalue weighted by Crippen LogP contribution is -2.47. The number of carbonyl (C=O) groups excluding carboxylic acids is 2. The number of carbonyl (C=O) groups is 2. The molecule has 2 rings (SSSR count). The molecule has 3 amide bonds. The Morgan fingerprint density at radius 3 is 2.64 bits per heavy atom. The summed E-state index contributed by atoms with van der Waals surface area (Å²) in [6.07, 6.45) is 2.48. The minimum absolute atomic E-state index is 0.0171. The average Bonchev–Trinajstić information content (AvgIpc) is 2.72. The third-order valence-corrected chi connectivity index (χ3v) is 4.97. The van der Waals surface area contributed by atoms with Gasteiger partial charge in [-0.05, 0) is 45.2 Å². The number of likely N-dealkylation sites (tertiary alicyclic amines) is 1. The normalized spacial score (nSPS) is 14.2. The Morgan fingerprint density at radius 1 is 1.29 bits per heavy atom. The quantitative estimate of drug-likeness (QED) is 0.693. The number of rotatable bonds is 8. The van der Waals surface area contributed by atoms with Gasteiger partial charge in [-0.3, -0.25) is 4.79 Å². The largest absolute Gasteiger partial charge is 0.493 e. The zero-order chi connectivity index (χ0) is 20.4. The van der Waals surface area contributed by atoms with Crippen LogP contribution in [0.2, 0.25) is 0 Å². The van der Waals surface area contributed by atoms with Crippen LogP contribution in [0.3, 0.4) is 0 Å². The van der Waals surface area contributed by atoms with Crippen molar-refractivity contribution >= 4 is 17.6 Å². The molecule has 28 heavy (non-hydrogen) atoms. The highest BCUT2D eigenvalue weighted by Crippen LogP contribution is 2.22. The van der Waals surface area contributed by atoms with Crippen molar-refractivity contribution in [3.8, 4) is 11.8 Å². The van der Waals surface area contributed by atoms with E-state index in [1.165, 1.54) is 0 Å². The first-order valence-electron chi connectivity index (χ1n) is 10.0. The van der Waals surface area contributed by atoms with Gasteiger partial charge in [0.05, 0.1) is 12.7 Å². The maximum atomic E-state index is 12.6. The number of benzene rings is 1. The molecule has 0 bridgehead atoms. The fourth-order valence-electron chi connectivity index (χ4n) is 3.28. The van der Waals surface area contributed by atoms with Gasteiger partial charge in [0, 0.05) is 50.3 Å². The number of hydrogen-bond acceptors (Lipinski definition) is 4. The van der Waals surface area contributed by atoms with Crippen LogP contribution in [0.1, 0.15) is 39.5 Å². The fourth-order valence-corrected chi connectivity index (χ4v) is 3.28. The van der Waals surface area contributed by atoms with Crippen LogP contribution < -0.4 is 10.1 Å². The Labute approximate surface area is 167 Å². The molecular weight excluding hydrogens is 356 g/mol. The van der Waals surface area contributed by atoms with Gasteiger partial charge in [-0.2, -0.15) is 5.26 Å². The van der Waals surface area contributed by atoms with Gasteiger partial charge < -0.3 is 19.9 Å². The monoisotopic (exact) mass is 386 g/mol. The Bertz CT molecular complexity index is 689. The summed E-state index contributed by atoms with van der Waals surface area (Å²) >= 11 is 0. The fraction of sp³-hybridized carbons (Fsp3) is 0.571. The number of piperidine rings is 1. The summed E-state index contributed by atoms with van der Waals surface area (Å²) in [5, 5.41) is 11.5. The van der Waals surface area contributed by atoms with E-state index in [4.69, 9.17) is 10.00 Å². The molecule has 1 aliphatic heterocycles. The van der Waals surface area contributed by atoms with Crippen molar-refractivity contribution in [1.82, 2.24) is 9.80 Å². The van der Waals surface area contributed by atoms with Crippen molar-refractivity contribution in [3.63, 3.8) is 0 Å². The number of amides is 3. The molecule has 0 unspecified atom stereocenters. The predicted molar refractivity (Wildman–Crippen MR) is 108 cm³/mol. The molecule has 0 spiro atoms. The second-order valence-electron chi connectivity index (χ2n) is 6.84. The van der Waals surface area contributed by atoms with Crippen LogP contribution in [0.25, 0.3) is 0 Å². The van der Waals surface area contributed by atoms with Crippen molar-refractivity contribution in [3.05, 3.63) is 24.3 Å². The number of ether oxygens (including phenoxy) is 1. The second-order valence-corrected chi connectivity index (χ2v) is 6.84. The van der Waals surface area contributed by atoms with Gasteiger partial charge in [0.25, 0.3) is 0 Å². The zero-order valence-corrected chi connectivity index (χ0v) is 16.8. The number of nitriles is 1. The van der Waals surface area contributed by atoms with E-state index in [-0.39, 0.29) is 17.9 Å². The highest BCUT2D eigenvalue weighted by atomic mass is 16.5. The molecule has 1 saturated heterocycles. The first-order chi connectivity index (χ1) is 13.6. The molecule has 1 aromatic rings. The summed E-state index contributed by atoms with van der Waals surface area (Å²) in [6.45, 7) is 7.04. The van der Waals surface area contributed by atoms with E-state index in [1.54, 1.807) is 6.07 Å².